The van der Waals surface area contributed by atoms with Crippen LogP contribution in [-0.4, -0.2) is 22.5 Å². The van der Waals surface area contributed by atoms with Gasteiger partial charge in [0.05, 0.1) is 0 Å². The van der Waals surface area contributed by atoms with E-state index in [0.29, 0.717) is 11.3 Å². The Bertz CT molecular complexity index is 336. The molecule has 0 aliphatic heterocycles. The molecule has 1 unspecified atom stereocenters. The van der Waals surface area contributed by atoms with Crippen LogP contribution in [0, 0.1) is 23.2 Å². The monoisotopic (exact) mass is 325 g/mol. The highest BCUT2D eigenvalue weighted by Gasteiger charge is 2.41. The molecule has 140 valence electrons. The molecule has 0 saturated carbocycles. The Morgan fingerprint density at radius 1 is 0.783 bits per heavy atom. The summed E-state index contributed by atoms with van der Waals surface area (Å²) in [4.78, 5) is 2.82. The Balaban J connectivity index is 5.48. The Kier molecular flexibility index (Phi) is 8.35. The van der Waals surface area contributed by atoms with Gasteiger partial charge in [-0.05, 0) is 63.7 Å². The Hall–Kier alpha value is -0.0400. The van der Waals surface area contributed by atoms with Crippen molar-refractivity contribution in [2.24, 2.45) is 23.2 Å². The summed E-state index contributed by atoms with van der Waals surface area (Å²) in [7, 11) is 0. The highest BCUT2D eigenvalue weighted by atomic mass is 15.2. The third kappa shape index (κ3) is 7.59. The molecule has 0 aromatic carbocycles. The van der Waals surface area contributed by atoms with Gasteiger partial charge in [-0.25, -0.2) is 0 Å². The van der Waals surface area contributed by atoms with Gasteiger partial charge >= 0.3 is 0 Å². The van der Waals surface area contributed by atoms with Gasteiger partial charge in [0.1, 0.15) is 0 Å². The van der Waals surface area contributed by atoms with Gasteiger partial charge in [0.15, 0.2) is 0 Å². The van der Waals surface area contributed by atoms with Crippen molar-refractivity contribution < 1.29 is 0 Å². The van der Waals surface area contributed by atoms with E-state index >= 15 is 0 Å². The maximum atomic E-state index is 2.82. The van der Waals surface area contributed by atoms with E-state index in [1.807, 2.05) is 0 Å². The molecule has 0 heterocycles. The van der Waals surface area contributed by atoms with E-state index in [9.17, 15) is 0 Å². The fourth-order valence-corrected chi connectivity index (χ4v) is 4.20. The van der Waals surface area contributed by atoms with Crippen molar-refractivity contribution in [2.45, 2.75) is 113 Å². The van der Waals surface area contributed by atoms with Gasteiger partial charge in [0, 0.05) is 17.6 Å². The molecule has 0 bridgehead atoms. The van der Waals surface area contributed by atoms with Crippen LogP contribution in [0.2, 0.25) is 0 Å². The minimum absolute atomic E-state index is 0.226. The molecular weight excluding hydrogens is 278 g/mol. The smallest absolute Gasteiger partial charge is 0.0163 e. The second-order valence-electron chi connectivity index (χ2n) is 10.7. The maximum absolute atomic E-state index is 2.82. The van der Waals surface area contributed by atoms with Crippen molar-refractivity contribution in [3.05, 3.63) is 0 Å². The summed E-state index contributed by atoms with van der Waals surface area (Å²) in [6.45, 7) is 30.1. The molecule has 1 nitrogen and oxygen atoms in total. The molecule has 0 saturated heterocycles. The molecule has 0 N–H and O–H groups in total. The fourth-order valence-electron chi connectivity index (χ4n) is 4.20. The summed E-state index contributed by atoms with van der Waals surface area (Å²) in [5.74, 6) is 2.22. The van der Waals surface area contributed by atoms with Gasteiger partial charge in [-0.3, -0.25) is 4.90 Å². The van der Waals surface area contributed by atoms with Crippen LogP contribution >= 0.6 is 0 Å². The van der Waals surface area contributed by atoms with Crippen LogP contribution in [0.25, 0.3) is 0 Å². The number of hydrogen-bond donors (Lipinski definition) is 0. The van der Waals surface area contributed by atoms with Gasteiger partial charge in [0.25, 0.3) is 0 Å². The van der Waals surface area contributed by atoms with Gasteiger partial charge in [-0.1, -0.05) is 61.8 Å². The Labute approximate surface area is 148 Å². The zero-order valence-corrected chi connectivity index (χ0v) is 18.5. The predicted octanol–water partition coefficient (Wildman–Crippen LogP) is 7.01. The lowest BCUT2D eigenvalue weighted by Gasteiger charge is -2.53. The molecule has 0 spiro atoms. The first-order valence-corrected chi connectivity index (χ1v) is 9.92. The Morgan fingerprint density at radius 3 is 1.61 bits per heavy atom. The maximum Gasteiger partial charge on any atom is 0.0163 e. The Morgan fingerprint density at radius 2 is 1.26 bits per heavy atom. The normalized spacial score (nSPS) is 15.8. The lowest BCUT2D eigenvalue weighted by Crippen LogP contribution is -2.58. The molecule has 1 atom stereocenters. The van der Waals surface area contributed by atoms with E-state index < -0.39 is 0 Å². The first-order chi connectivity index (χ1) is 10.1. The number of nitrogens with zero attached hydrogens (tertiary/aromatic N) is 1. The number of rotatable bonds is 10. The van der Waals surface area contributed by atoms with Crippen LogP contribution < -0.4 is 0 Å². The lowest BCUT2D eigenvalue weighted by molar-refractivity contribution is -0.0312. The van der Waals surface area contributed by atoms with Crippen LogP contribution in [0.1, 0.15) is 102 Å². The second-order valence-corrected chi connectivity index (χ2v) is 10.7. The zero-order valence-electron chi connectivity index (χ0n) is 18.5. The van der Waals surface area contributed by atoms with Crippen LogP contribution in [-0.2, 0) is 0 Å². The van der Waals surface area contributed by atoms with Crippen LogP contribution in [0.3, 0.4) is 0 Å². The van der Waals surface area contributed by atoms with E-state index in [1.54, 1.807) is 0 Å². The summed E-state index contributed by atoms with van der Waals surface area (Å²) in [5, 5.41) is 0. The molecular formula is C22H47N. The van der Waals surface area contributed by atoms with E-state index in [0.717, 1.165) is 11.8 Å². The fraction of sp³-hybridized carbons (Fsp3) is 1.00. The summed E-state index contributed by atoms with van der Waals surface area (Å²) >= 11 is 0. The minimum atomic E-state index is 0.226. The summed E-state index contributed by atoms with van der Waals surface area (Å²) in [6, 6.07) is 0. The van der Waals surface area contributed by atoms with Gasteiger partial charge in [-0.15, -0.1) is 0 Å². The van der Waals surface area contributed by atoms with Gasteiger partial charge < -0.3 is 0 Å². The van der Waals surface area contributed by atoms with Gasteiger partial charge in [-0.2, -0.15) is 0 Å². The SMILES string of the molecule is CCC(C)(C)CC(C)(C)N(CC(C)C)C(C)(C)CC(C)C(C)C. The summed E-state index contributed by atoms with van der Waals surface area (Å²) < 4.78 is 0. The average Bonchev–Trinajstić information content (AvgIpc) is 2.33. The van der Waals surface area contributed by atoms with Crippen molar-refractivity contribution >= 4 is 0 Å². The van der Waals surface area contributed by atoms with Crippen LogP contribution in [0.4, 0.5) is 0 Å². The molecule has 0 fully saturated rings. The zero-order chi connectivity index (χ0) is 18.6. The molecule has 0 aromatic rings. The predicted molar refractivity (Wildman–Crippen MR) is 107 cm³/mol. The third-order valence-electron chi connectivity index (χ3n) is 5.84. The topological polar surface area (TPSA) is 3.24 Å². The standard InChI is InChI=1S/C22H47N/c1-13-20(7,8)16-22(11,12)23(15-17(2)3)21(9,10)14-19(6)18(4)5/h17-19H,13-16H2,1-12H3. The van der Waals surface area contributed by atoms with Crippen molar-refractivity contribution in [1.29, 1.82) is 0 Å². The van der Waals surface area contributed by atoms with Crippen LogP contribution in [0.5, 0.6) is 0 Å². The molecule has 0 rings (SSSR count). The molecule has 0 aromatic heterocycles. The molecule has 0 radical (unpaired) electrons. The lowest BCUT2D eigenvalue weighted by atomic mass is 9.74. The van der Waals surface area contributed by atoms with Crippen molar-refractivity contribution in [3.63, 3.8) is 0 Å². The first-order valence-electron chi connectivity index (χ1n) is 9.92. The minimum Gasteiger partial charge on any atom is -0.293 e. The largest absolute Gasteiger partial charge is 0.293 e. The quantitative estimate of drug-likeness (QED) is 0.417. The second kappa shape index (κ2) is 8.37. The molecule has 0 amide bonds. The van der Waals surface area contributed by atoms with E-state index in [-0.39, 0.29) is 11.1 Å². The van der Waals surface area contributed by atoms with E-state index in [2.05, 4.69) is 88.0 Å². The number of hydrogen-bond acceptors (Lipinski definition) is 1. The first kappa shape index (κ1) is 23.0. The van der Waals surface area contributed by atoms with Gasteiger partial charge in [0.2, 0.25) is 0 Å². The molecule has 0 aliphatic rings. The van der Waals surface area contributed by atoms with E-state index in [1.165, 1.54) is 25.8 Å². The average molecular weight is 326 g/mol. The van der Waals surface area contributed by atoms with Crippen molar-refractivity contribution in [3.8, 4) is 0 Å². The molecule has 0 aliphatic carbocycles. The third-order valence-corrected chi connectivity index (χ3v) is 5.84. The summed E-state index contributed by atoms with van der Waals surface area (Å²) in [6.07, 6.45) is 3.77. The summed E-state index contributed by atoms with van der Waals surface area (Å²) in [5.41, 5.74) is 0.865. The molecule has 1 heteroatoms. The van der Waals surface area contributed by atoms with Crippen LogP contribution in [0.15, 0.2) is 0 Å². The highest BCUT2D eigenvalue weighted by Crippen LogP contribution is 2.40. The van der Waals surface area contributed by atoms with Crippen molar-refractivity contribution in [2.75, 3.05) is 6.54 Å². The molecule has 23 heavy (non-hydrogen) atoms. The highest BCUT2D eigenvalue weighted by molar-refractivity contribution is 4.96. The van der Waals surface area contributed by atoms with E-state index in [4.69, 9.17) is 0 Å². The van der Waals surface area contributed by atoms with Crippen molar-refractivity contribution in [1.82, 2.24) is 4.90 Å².